The van der Waals surface area contributed by atoms with Crippen LogP contribution in [-0.4, -0.2) is 17.0 Å². The van der Waals surface area contributed by atoms with Crippen LogP contribution in [0, 0.1) is 5.82 Å². The van der Waals surface area contributed by atoms with Crippen LogP contribution in [0.1, 0.15) is 15.9 Å². The first kappa shape index (κ1) is 15.4. The van der Waals surface area contributed by atoms with Crippen LogP contribution in [0.25, 0.3) is 17.0 Å². The van der Waals surface area contributed by atoms with Crippen molar-refractivity contribution in [2.24, 2.45) is 0 Å². The molecular weight excluding hydrogens is 309 g/mol. The number of thioether (sulfide) groups is 1. The Labute approximate surface area is 138 Å². The number of aromatic nitrogens is 1. The van der Waals surface area contributed by atoms with Crippen LogP contribution in [0.4, 0.5) is 4.39 Å². The zero-order valence-electron chi connectivity index (χ0n) is 12.5. The van der Waals surface area contributed by atoms with Crippen molar-refractivity contribution in [2.75, 3.05) is 6.26 Å². The van der Waals surface area contributed by atoms with Crippen molar-refractivity contribution in [3.63, 3.8) is 0 Å². The van der Waals surface area contributed by atoms with E-state index < -0.39 is 0 Å². The van der Waals surface area contributed by atoms with E-state index in [0.29, 0.717) is 5.56 Å². The normalized spacial score (nSPS) is 11.2. The number of carbonyl (C=O) groups is 1. The first-order valence-corrected chi connectivity index (χ1v) is 8.31. The molecule has 0 saturated carbocycles. The third-order valence-corrected chi connectivity index (χ3v) is 4.17. The molecule has 0 bridgehead atoms. The van der Waals surface area contributed by atoms with E-state index in [9.17, 15) is 9.18 Å². The van der Waals surface area contributed by atoms with E-state index in [0.717, 1.165) is 21.5 Å². The standard InChI is InChI=1S/C19H14FNOS/c1-23-19-15(12-14-4-2-3-5-17(14)21-19)8-11-18(22)13-6-9-16(20)10-7-13/h2-12H,1H3/b11-8+. The molecule has 0 unspecified atom stereocenters. The van der Waals surface area contributed by atoms with Gasteiger partial charge in [-0.25, -0.2) is 9.37 Å². The lowest BCUT2D eigenvalue weighted by Crippen LogP contribution is -1.94. The molecular formula is C19H14FNOS. The van der Waals surface area contributed by atoms with E-state index in [2.05, 4.69) is 4.98 Å². The second kappa shape index (κ2) is 6.75. The predicted molar refractivity (Wildman–Crippen MR) is 93.3 cm³/mol. The minimum Gasteiger partial charge on any atom is -0.289 e. The van der Waals surface area contributed by atoms with E-state index in [1.165, 1.54) is 42.1 Å². The van der Waals surface area contributed by atoms with Gasteiger partial charge in [0.2, 0.25) is 0 Å². The minimum atomic E-state index is -0.353. The molecule has 1 heterocycles. The SMILES string of the molecule is CSc1nc2ccccc2cc1/C=C/C(=O)c1ccc(F)cc1. The van der Waals surface area contributed by atoms with Gasteiger partial charge < -0.3 is 0 Å². The van der Waals surface area contributed by atoms with Crippen molar-refractivity contribution in [3.05, 3.63) is 77.6 Å². The van der Waals surface area contributed by atoms with Crippen molar-refractivity contribution >= 4 is 34.5 Å². The molecule has 2 nitrogen and oxygen atoms in total. The van der Waals surface area contributed by atoms with Crippen LogP contribution >= 0.6 is 11.8 Å². The molecule has 0 aliphatic carbocycles. The van der Waals surface area contributed by atoms with E-state index in [1.54, 1.807) is 6.08 Å². The number of allylic oxidation sites excluding steroid dienone is 1. The lowest BCUT2D eigenvalue weighted by Gasteiger charge is -2.05. The average Bonchev–Trinajstić information content (AvgIpc) is 2.59. The monoisotopic (exact) mass is 323 g/mol. The molecule has 0 aliphatic heterocycles. The molecule has 0 radical (unpaired) electrons. The molecule has 2 aromatic carbocycles. The Hall–Kier alpha value is -2.46. The summed E-state index contributed by atoms with van der Waals surface area (Å²) >= 11 is 1.54. The van der Waals surface area contributed by atoms with Crippen LogP contribution in [0.2, 0.25) is 0 Å². The van der Waals surface area contributed by atoms with Crippen molar-refractivity contribution in [3.8, 4) is 0 Å². The summed E-state index contributed by atoms with van der Waals surface area (Å²) in [4.78, 5) is 16.8. The van der Waals surface area contributed by atoms with Crippen molar-refractivity contribution in [2.45, 2.75) is 5.03 Å². The number of fused-ring (bicyclic) bond motifs is 1. The summed E-state index contributed by atoms with van der Waals surface area (Å²) in [5.41, 5.74) is 2.28. The molecule has 3 rings (SSSR count). The molecule has 4 heteroatoms. The molecule has 0 N–H and O–H groups in total. The lowest BCUT2D eigenvalue weighted by atomic mass is 10.1. The van der Waals surface area contributed by atoms with Gasteiger partial charge in [-0.15, -0.1) is 11.8 Å². The van der Waals surface area contributed by atoms with Crippen LogP contribution in [-0.2, 0) is 0 Å². The van der Waals surface area contributed by atoms with Crippen LogP contribution in [0.15, 0.2) is 65.7 Å². The van der Waals surface area contributed by atoms with Crippen molar-refractivity contribution in [1.29, 1.82) is 0 Å². The lowest BCUT2D eigenvalue weighted by molar-refractivity contribution is 0.104. The van der Waals surface area contributed by atoms with Gasteiger partial charge in [0, 0.05) is 16.5 Å². The predicted octanol–water partition coefficient (Wildman–Crippen LogP) is 4.99. The number of ketones is 1. The van der Waals surface area contributed by atoms with Crippen molar-refractivity contribution in [1.82, 2.24) is 4.98 Å². The number of rotatable bonds is 4. The van der Waals surface area contributed by atoms with Crippen LogP contribution in [0.5, 0.6) is 0 Å². The largest absolute Gasteiger partial charge is 0.289 e. The fourth-order valence-electron chi connectivity index (χ4n) is 2.27. The van der Waals surface area contributed by atoms with Gasteiger partial charge in [0.05, 0.1) is 5.52 Å². The molecule has 0 fully saturated rings. The fourth-order valence-corrected chi connectivity index (χ4v) is 2.83. The summed E-state index contributed by atoms with van der Waals surface area (Å²) in [6.07, 6.45) is 5.21. The Balaban J connectivity index is 1.93. The number of benzene rings is 2. The number of para-hydroxylation sites is 1. The van der Waals surface area contributed by atoms with E-state index in [1.807, 2.05) is 36.6 Å². The van der Waals surface area contributed by atoms with Crippen LogP contribution in [0.3, 0.4) is 0 Å². The fraction of sp³-hybridized carbons (Fsp3) is 0.0526. The second-order valence-electron chi connectivity index (χ2n) is 4.98. The highest BCUT2D eigenvalue weighted by atomic mass is 32.2. The summed E-state index contributed by atoms with van der Waals surface area (Å²) < 4.78 is 12.9. The number of hydrogen-bond acceptors (Lipinski definition) is 3. The Kier molecular flexibility index (Phi) is 4.53. The van der Waals surface area contributed by atoms with Gasteiger partial charge in [0.25, 0.3) is 0 Å². The number of nitrogens with zero attached hydrogens (tertiary/aromatic N) is 1. The van der Waals surface area contributed by atoms with E-state index >= 15 is 0 Å². The van der Waals surface area contributed by atoms with Gasteiger partial charge in [-0.05, 0) is 54.8 Å². The van der Waals surface area contributed by atoms with Gasteiger partial charge in [0.15, 0.2) is 5.78 Å². The van der Waals surface area contributed by atoms with E-state index in [-0.39, 0.29) is 11.6 Å². The molecule has 1 aromatic heterocycles. The van der Waals surface area contributed by atoms with Gasteiger partial charge >= 0.3 is 0 Å². The number of hydrogen-bond donors (Lipinski definition) is 0. The smallest absolute Gasteiger partial charge is 0.185 e. The summed E-state index contributed by atoms with van der Waals surface area (Å²) in [5, 5.41) is 1.89. The van der Waals surface area contributed by atoms with Crippen molar-refractivity contribution < 1.29 is 9.18 Å². The first-order chi connectivity index (χ1) is 11.2. The highest BCUT2D eigenvalue weighted by Crippen LogP contribution is 2.24. The maximum atomic E-state index is 12.9. The third kappa shape index (κ3) is 3.48. The Bertz CT molecular complexity index is 888. The Morgan fingerprint density at radius 3 is 2.61 bits per heavy atom. The van der Waals surface area contributed by atoms with E-state index in [4.69, 9.17) is 0 Å². The molecule has 0 aliphatic rings. The molecule has 0 saturated heterocycles. The highest BCUT2D eigenvalue weighted by Gasteiger charge is 2.06. The topological polar surface area (TPSA) is 30.0 Å². The summed E-state index contributed by atoms with van der Waals surface area (Å²) in [6.45, 7) is 0. The quantitative estimate of drug-likeness (QED) is 0.385. The number of carbonyl (C=O) groups excluding carboxylic acids is 1. The first-order valence-electron chi connectivity index (χ1n) is 7.09. The molecule has 0 atom stereocenters. The molecule has 3 aromatic rings. The second-order valence-corrected chi connectivity index (χ2v) is 5.78. The zero-order valence-corrected chi connectivity index (χ0v) is 13.3. The zero-order chi connectivity index (χ0) is 16.2. The van der Waals surface area contributed by atoms with Gasteiger partial charge in [-0.2, -0.15) is 0 Å². The van der Waals surface area contributed by atoms with Crippen LogP contribution < -0.4 is 0 Å². The molecule has 0 amide bonds. The minimum absolute atomic E-state index is 0.162. The Morgan fingerprint density at radius 2 is 1.87 bits per heavy atom. The van der Waals surface area contributed by atoms with Gasteiger partial charge in [-0.3, -0.25) is 4.79 Å². The summed E-state index contributed by atoms with van der Waals surface area (Å²) in [7, 11) is 0. The number of halogens is 1. The third-order valence-electron chi connectivity index (χ3n) is 3.45. The summed E-state index contributed by atoms with van der Waals surface area (Å²) in [6, 6.07) is 15.4. The molecule has 23 heavy (non-hydrogen) atoms. The maximum absolute atomic E-state index is 12.9. The summed E-state index contributed by atoms with van der Waals surface area (Å²) in [5.74, 6) is -0.515. The highest BCUT2D eigenvalue weighted by molar-refractivity contribution is 7.98. The Morgan fingerprint density at radius 1 is 1.13 bits per heavy atom. The molecule has 114 valence electrons. The number of pyridine rings is 1. The van der Waals surface area contributed by atoms with Gasteiger partial charge in [-0.1, -0.05) is 18.2 Å². The van der Waals surface area contributed by atoms with Gasteiger partial charge in [0.1, 0.15) is 10.8 Å². The maximum Gasteiger partial charge on any atom is 0.185 e. The molecule has 0 spiro atoms. The average molecular weight is 323 g/mol.